The van der Waals surface area contributed by atoms with Crippen LogP contribution in [0.4, 0.5) is 23.1 Å². The van der Waals surface area contributed by atoms with Crippen LogP contribution in [-0.2, 0) is 52.8 Å². The Kier molecular flexibility index (Phi) is 31.6. The highest BCUT2D eigenvalue weighted by Crippen LogP contribution is 2.48. The van der Waals surface area contributed by atoms with Crippen LogP contribution in [0.5, 0.6) is 0 Å². The maximum absolute atomic E-state index is 13.7. The summed E-state index contributed by atoms with van der Waals surface area (Å²) in [5.41, 5.74) is 26.7. The number of ketones is 5. The highest BCUT2D eigenvalue weighted by Gasteiger charge is 2.52. The van der Waals surface area contributed by atoms with Gasteiger partial charge in [0.2, 0.25) is 5.78 Å². The van der Waals surface area contributed by atoms with Crippen molar-refractivity contribution in [2.24, 2.45) is 0 Å². The lowest BCUT2D eigenvalue weighted by Crippen LogP contribution is -2.30. The quantitative estimate of drug-likeness (QED) is 0.0142. The Hall–Kier alpha value is -15.8. The van der Waals surface area contributed by atoms with Gasteiger partial charge >= 0.3 is 23.7 Å². The number of hydroxylamine groups is 3. The summed E-state index contributed by atoms with van der Waals surface area (Å²) in [6, 6.07) is 71.6. The molecule has 4 saturated heterocycles. The van der Waals surface area contributed by atoms with E-state index in [1.165, 1.54) is 27.4 Å². The number of amides is 3. The van der Waals surface area contributed by atoms with Crippen molar-refractivity contribution in [3.05, 3.63) is 383 Å². The molecule has 0 aliphatic carbocycles. The van der Waals surface area contributed by atoms with Crippen LogP contribution < -0.4 is 36.0 Å². The fourth-order valence-electron chi connectivity index (χ4n) is 16.4. The van der Waals surface area contributed by atoms with Crippen LogP contribution in [-0.4, -0.2) is 117 Å². The first kappa shape index (κ1) is 99.7. The van der Waals surface area contributed by atoms with Gasteiger partial charge in [0, 0.05) is 45.4 Å². The third-order valence-electron chi connectivity index (χ3n) is 24.3. The number of hydrogen-bond acceptors (Lipinski definition) is 24. The second-order valence-electron chi connectivity index (χ2n) is 35.9. The summed E-state index contributed by atoms with van der Waals surface area (Å²) in [6.07, 6.45) is 1.62. The number of carboxylic acid groups (broad SMARTS) is 1. The van der Waals surface area contributed by atoms with Crippen molar-refractivity contribution < 1.29 is 68.2 Å². The van der Waals surface area contributed by atoms with Crippen molar-refractivity contribution >= 4 is 98.6 Å². The van der Waals surface area contributed by atoms with E-state index >= 15 is 0 Å². The molecule has 16 rings (SSSR count). The van der Waals surface area contributed by atoms with Crippen molar-refractivity contribution in [1.82, 2.24) is 52.0 Å². The lowest BCUT2D eigenvalue weighted by Gasteiger charge is -2.27. The van der Waals surface area contributed by atoms with E-state index < -0.39 is 83.4 Å². The van der Waals surface area contributed by atoms with Crippen LogP contribution in [0.2, 0.25) is 0 Å². The summed E-state index contributed by atoms with van der Waals surface area (Å²) in [5, 5.41) is 55.2. The number of benzene rings is 8. The molecule has 8 heterocycles. The Morgan fingerprint density at radius 2 is 0.645 bits per heavy atom. The molecule has 138 heavy (non-hydrogen) atoms. The lowest BCUT2D eigenvalue weighted by molar-refractivity contribution is -0.144. The summed E-state index contributed by atoms with van der Waals surface area (Å²) in [4.78, 5) is 139. The molecular formula is C110H112N14O14. The Bertz CT molecular complexity index is 6650. The Labute approximate surface area is 802 Å². The number of nitrogens with one attached hydrogen (secondary N) is 3. The number of pyridine rings is 1. The van der Waals surface area contributed by atoms with Gasteiger partial charge in [0.1, 0.15) is 11.7 Å². The molecule has 0 saturated carbocycles. The van der Waals surface area contributed by atoms with E-state index in [1.54, 1.807) is 91.7 Å². The van der Waals surface area contributed by atoms with E-state index in [2.05, 4.69) is 121 Å². The van der Waals surface area contributed by atoms with Gasteiger partial charge in [-0.15, -0.1) is 15.3 Å². The van der Waals surface area contributed by atoms with E-state index in [-0.39, 0.29) is 51.6 Å². The molecule has 28 heteroatoms. The van der Waals surface area contributed by atoms with Crippen LogP contribution in [0, 0.1) is 48.5 Å². The zero-order chi connectivity index (χ0) is 99.4. The SMILES string of the molecule is CONC(=C1C(=O)C(=O)N(c2ccc(C)nn2)C1c1ccc(C(C)C)cc1)c1ccc(C)cc1.Cc1ccc(C(NO)=C2C(=O)C(=O)N(c3ccc(C)nn3)C2c2ccc(C(C)C)cc2)cc1.Cc1ccc(C(O)=C2C(=O)C(=O)C(c3ccc(C)nc3)N2c2ccc(C(C)C)cc2)cc1.Cc1ccc(N2C(=O)C(=O)C(=C(NOCC(=O)O)c3ccc(C(C)C)cc3)C2c2ccc(C(C)C)cc2)nn1. The first-order chi connectivity index (χ1) is 66.0. The smallest absolute Gasteiger partial charge is 0.332 e. The predicted molar refractivity (Wildman–Crippen MR) is 529 cm³/mol. The fourth-order valence-corrected chi connectivity index (χ4v) is 16.4. The number of hydrogen-bond donors (Lipinski definition) is 6. The first-order valence-corrected chi connectivity index (χ1v) is 45.5. The molecular weight excluding hydrogens is 1740 g/mol. The molecule has 3 amide bonds. The maximum atomic E-state index is 13.7. The minimum absolute atomic E-state index is 0.0123. The molecule has 0 radical (unpaired) electrons. The average molecular weight is 1850 g/mol. The second-order valence-corrected chi connectivity index (χ2v) is 35.9. The summed E-state index contributed by atoms with van der Waals surface area (Å²) < 4.78 is 0. The molecule has 8 aromatic carbocycles. The minimum atomic E-state index is -1.19. The minimum Gasteiger partial charge on any atom is -0.505 e. The first-order valence-electron chi connectivity index (χ1n) is 45.5. The van der Waals surface area contributed by atoms with E-state index in [9.17, 15) is 53.5 Å². The van der Waals surface area contributed by atoms with E-state index in [4.69, 9.17) is 14.8 Å². The van der Waals surface area contributed by atoms with Gasteiger partial charge in [-0.05, 0) is 177 Å². The number of aliphatic carboxylic acids is 1. The van der Waals surface area contributed by atoms with Crippen molar-refractivity contribution in [3.63, 3.8) is 0 Å². The van der Waals surface area contributed by atoms with E-state index in [1.807, 2.05) is 211 Å². The number of aliphatic hydroxyl groups is 1. The number of Topliss-reactive ketones (excluding diaryl/α,β-unsaturated/α-hetero) is 5. The monoisotopic (exact) mass is 1850 g/mol. The number of aryl methyl sites for hydroxylation is 7. The lowest BCUT2D eigenvalue weighted by atomic mass is 9.92. The van der Waals surface area contributed by atoms with Gasteiger partial charge < -0.3 is 15.1 Å². The van der Waals surface area contributed by atoms with Crippen molar-refractivity contribution in [2.45, 2.75) is 171 Å². The number of carbonyl (C=O) groups is 9. The van der Waals surface area contributed by atoms with Gasteiger partial charge in [0.05, 0.1) is 76.1 Å². The number of carboxylic acids is 1. The van der Waals surface area contributed by atoms with Gasteiger partial charge in [-0.3, -0.25) is 89.4 Å². The van der Waals surface area contributed by atoms with Gasteiger partial charge in [-0.25, -0.2) is 4.79 Å². The van der Waals surface area contributed by atoms with Crippen LogP contribution in [0.3, 0.4) is 0 Å². The largest absolute Gasteiger partial charge is 0.505 e. The predicted octanol–water partition coefficient (Wildman–Crippen LogP) is 18.9. The second kappa shape index (κ2) is 43.7. The van der Waals surface area contributed by atoms with Gasteiger partial charge in [0.25, 0.3) is 23.1 Å². The maximum Gasteiger partial charge on any atom is 0.332 e. The summed E-state index contributed by atoms with van der Waals surface area (Å²) >= 11 is 0. The standard InChI is InChI=1S/C30H32N4O5.C27H28N4O3.C27H26N2O3.C26H26N4O3/c1-17(2)20-7-11-22(12-8-20)27(33-39-16-25(35)36)26-28(23-13-9-21(10-14-23)18(3)4)34(30(38)29(26)37)24-15-6-19(5)31-32-24;1-16(2)19-11-13-21(14-12-19)25-23(24(30-34-5)20-9-6-17(3)7-10-20)26(32)27(33)31(25)22-15-8-18(4)28-29-22;1-16(2)19-11-13-22(14-12-19)29-23(21-10-7-18(4)28-15-21)26(31)27(32)24(29)25(30)20-8-5-17(3)6-9-20;1-15(2)18-10-12-20(13-11-18)24-22(23(29-33)19-8-5-16(3)6-9-19)25(31)26(32)30(24)21-14-7-17(4)27-28-21/h6-15,17-18,28,33H,16H2,1-5H3,(H,35,36);6-16,25,30H,1-5H3;5-16,23,30H,1-4H3;5-15,24,29,33H,1-4H3. The highest BCUT2D eigenvalue weighted by atomic mass is 16.7. The topological polar surface area (TPSA) is 372 Å². The molecule has 4 aromatic heterocycles. The Morgan fingerprint density at radius 1 is 0.341 bits per heavy atom. The van der Waals surface area contributed by atoms with E-state index in [0.29, 0.717) is 85.7 Å². The van der Waals surface area contributed by atoms with Crippen molar-refractivity contribution in [1.29, 1.82) is 0 Å². The Morgan fingerprint density at radius 3 is 0.957 bits per heavy atom. The van der Waals surface area contributed by atoms with Gasteiger partial charge in [-0.2, -0.15) is 15.3 Å². The van der Waals surface area contributed by atoms with Crippen LogP contribution in [0.1, 0.15) is 235 Å². The number of carbonyl (C=O) groups excluding carboxylic acids is 8. The molecule has 6 N–H and O–H groups in total. The number of allylic oxidation sites excluding steroid dienone is 1. The third-order valence-corrected chi connectivity index (χ3v) is 24.3. The normalized spacial score (nSPS) is 17.4. The molecule has 706 valence electrons. The van der Waals surface area contributed by atoms with Gasteiger partial charge in [-0.1, -0.05) is 274 Å². The van der Waals surface area contributed by atoms with Crippen molar-refractivity contribution in [3.8, 4) is 0 Å². The third kappa shape index (κ3) is 21.9. The molecule has 4 unspecified atom stereocenters. The molecule has 4 fully saturated rings. The number of nitrogens with zero attached hydrogens (tertiary/aromatic N) is 11. The number of aromatic nitrogens is 7. The van der Waals surface area contributed by atoms with Crippen molar-refractivity contribution in [2.75, 3.05) is 33.3 Å². The number of anilines is 4. The van der Waals surface area contributed by atoms with Crippen LogP contribution in [0.15, 0.2) is 271 Å². The zero-order valence-corrected chi connectivity index (χ0v) is 80.3. The Balaban J connectivity index is 0.000000156. The summed E-state index contributed by atoms with van der Waals surface area (Å²) in [5.74, 6) is -4.46. The molecule has 4 atom stereocenters. The molecule has 0 spiro atoms. The summed E-state index contributed by atoms with van der Waals surface area (Å²) in [7, 11) is 1.48. The average Bonchev–Trinajstić information content (AvgIpc) is 1.60. The molecule has 0 bridgehead atoms. The van der Waals surface area contributed by atoms with Crippen LogP contribution >= 0.6 is 0 Å². The molecule has 12 aromatic rings. The number of rotatable bonds is 24. The summed E-state index contributed by atoms with van der Waals surface area (Å²) in [6.45, 7) is 33.4. The molecule has 4 aliphatic rings. The van der Waals surface area contributed by atoms with Crippen LogP contribution in [0.25, 0.3) is 22.9 Å². The zero-order valence-electron chi connectivity index (χ0n) is 80.3. The number of aliphatic hydroxyl groups excluding tert-OH is 1. The highest BCUT2D eigenvalue weighted by molar-refractivity contribution is 6.53. The molecule has 28 nitrogen and oxygen atoms in total. The van der Waals surface area contributed by atoms with Gasteiger partial charge in [0.15, 0.2) is 29.8 Å². The molecule has 4 aliphatic heterocycles. The fraction of sp³-hybridized carbons (Fsp3) is 0.255. The van der Waals surface area contributed by atoms with E-state index in [0.717, 1.165) is 67.0 Å².